The van der Waals surface area contributed by atoms with Crippen molar-refractivity contribution in [2.45, 2.75) is 63.3 Å². The normalized spacial score (nSPS) is 32.8. The van der Waals surface area contributed by atoms with Crippen molar-refractivity contribution in [1.29, 1.82) is 0 Å². The molecule has 2 saturated carbocycles. The predicted octanol–water partition coefficient (Wildman–Crippen LogP) is 2.52. The van der Waals surface area contributed by atoms with Crippen LogP contribution in [0.5, 0.6) is 0 Å². The Hall–Kier alpha value is -0.0800. The monoisotopic (exact) mass is 222 g/mol. The molecule has 1 spiro atoms. The molecule has 0 aromatic carbocycles. The number of likely N-dealkylation sites (tertiary alicyclic amines) is 1. The summed E-state index contributed by atoms with van der Waals surface area (Å²) in [6.07, 6.45) is 13.1. The zero-order chi connectivity index (χ0) is 11.1. The fraction of sp³-hybridized carbons (Fsp3) is 1.00. The minimum atomic E-state index is 0.455. The maximum Gasteiger partial charge on any atom is 0.0333 e. The Kier molecular flexibility index (Phi) is 2.75. The number of hydrogen-bond acceptors (Lipinski definition) is 2. The van der Waals surface area contributed by atoms with Crippen molar-refractivity contribution in [3.05, 3.63) is 0 Å². The second-order valence-electron chi connectivity index (χ2n) is 6.48. The first-order valence-corrected chi connectivity index (χ1v) is 7.24. The van der Waals surface area contributed by atoms with Gasteiger partial charge in [-0.2, -0.15) is 0 Å². The highest BCUT2D eigenvalue weighted by molar-refractivity contribution is 5.06. The lowest BCUT2D eigenvalue weighted by Gasteiger charge is -2.46. The molecule has 0 bridgehead atoms. The Morgan fingerprint density at radius 1 is 0.812 bits per heavy atom. The lowest BCUT2D eigenvalue weighted by molar-refractivity contribution is 0.0396. The van der Waals surface area contributed by atoms with E-state index < -0.39 is 0 Å². The zero-order valence-electron chi connectivity index (χ0n) is 10.5. The number of nitrogens with zero attached hydrogens (tertiary/aromatic N) is 1. The van der Waals surface area contributed by atoms with Gasteiger partial charge in [0.05, 0.1) is 0 Å². The molecule has 16 heavy (non-hydrogen) atoms. The highest BCUT2D eigenvalue weighted by Gasteiger charge is 2.49. The Labute approximate surface area is 99.6 Å². The van der Waals surface area contributed by atoms with E-state index in [1.807, 2.05) is 0 Å². The molecule has 2 heteroatoms. The smallest absolute Gasteiger partial charge is 0.0333 e. The minimum absolute atomic E-state index is 0.455. The lowest BCUT2D eigenvalue weighted by Crippen LogP contribution is -2.50. The van der Waals surface area contributed by atoms with Gasteiger partial charge < -0.3 is 5.73 Å². The quantitative estimate of drug-likeness (QED) is 0.778. The third-order valence-electron chi connectivity index (χ3n) is 5.62. The highest BCUT2D eigenvalue weighted by atomic mass is 15.2. The minimum Gasteiger partial charge on any atom is -0.329 e. The standard InChI is InChI=1S/C14H26N2/c15-12-14(6-7-14)16-10-8-13(9-11-16)4-2-1-3-5-13/h1-12,15H2. The molecule has 0 unspecified atom stereocenters. The molecule has 92 valence electrons. The maximum absolute atomic E-state index is 5.93. The highest BCUT2D eigenvalue weighted by Crippen LogP contribution is 2.49. The van der Waals surface area contributed by atoms with Gasteiger partial charge in [-0.1, -0.05) is 19.3 Å². The van der Waals surface area contributed by atoms with Crippen LogP contribution < -0.4 is 5.73 Å². The first kappa shape index (κ1) is 11.0. The Balaban J connectivity index is 1.59. The van der Waals surface area contributed by atoms with E-state index in [2.05, 4.69) is 4.90 Å². The largest absolute Gasteiger partial charge is 0.329 e. The van der Waals surface area contributed by atoms with Crippen LogP contribution in [0.1, 0.15) is 57.8 Å². The maximum atomic E-state index is 5.93. The summed E-state index contributed by atoms with van der Waals surface area (Å²) in [6, 6.07) is 0. The average molecular weight is 222 g/mol. The molecule has 0 amide bonds. The van der Waals surface area contributed by atoms with Crippen LogP contribution in [0.3, 0.4) is 0 Å². The molecule has 2 nitrogen and oxygen atoms in total. The molecule has 2 N–H and O–H groups in total. The fourth-order valence-electron chi connectivity index (χ4n) is 4.05. The van der Waals surface area contributed by atoms with Crippen LogP contribution in [0.15, 0.2) is 0 Å². The molecule has 0 aromatic rings. The van der Waals surface area contributed by atoms with Gasteiger partial charge in [-0.15, -0.1) is 0 Å². The summed E-state index contributed by atoms with van der Waals surface area (Å²) in [5, 5.41) is 0. The summed E-state index contributed by atoms with van der Waals surface area (Å²) in [6.45, 7) is 3.55. The van der Waals surface area contributed by atoms with Gasteiger partial charge in [0.1, 0.15) is 0 Å². The molecule has 3 aliphatic rings. The molecule has 1 heterocycles. The first-order valence-electron chi connectivity index (χ1n) is 7.24. The Morgan fingerprint density at radius 3 is 1.94 bits per heavy atom. The average Bonchev–Trinajstić information content (AvgIpc) is 3.12. The van der Waals surface area contributed by atoms with Crippen molar-refractivity contribution in [2.75, 3.05) is 19.6 Å². The third-order valence-corrected chi connectivity index (χ3v) is 5.62. The van der Waals surface area contributed by atoms with Crippen LogP contribution in [-0.4, -0.2) is 30.1 Å². The summed E-state index contributed by atoms with van der Waals surface area (Å²) < 4.78 is 0. The van der Waals surface area contributed by atoms with Crippen molar-refractivity contribution < 1.29 is 0 Å². The topological polar surface area (TPSA) is 29.3 Å². The molecular formula is C14H26N2. The van der Waals surface area contributed by atoms with Crippen molar-refractivity contribution in [1.82, 2.24) is 4.90 Å². The fourth-order valence-corrected chi connectivity index (χ4v) is 4.05. The summed E-state index contributed by atoms with van der Waals surface area (Å²) in [5.41, 5.74) is 7.13. The van der Waals surface area contributed by atoms with Gasteiger partial charge in [0.15, 0.2) is 0 Å². The van der Waals surface area contributed by atoms with Gasteiger partial charge in [-0.25, -0.2) is 0 Å². The van der Waals surface area contributed by atoms with Crippen LogP contribution in [0.25, 0.3) is 0 Å². The molecular weight excluding hydrogens is 196 g/mol. The van der Waals surface area contributed by atoms with E-state index in [0.29, 0.717) is 5.54 Å². The van der Waals surface area contributed by atoms with Crippen LogP contribution in [0.4, 0.5) is 0 Å². The summed E-state index contributed by atoms with van der Waals surface area (Å²) in [5.74, 6) is 0. The van der Waals surface area contributed by atoms with Crippen LogP contribution in [0.2, 0.25) is 0 Å². The molecule has 1 saturated heterocycles. The summed E-state index contributed by atoms with van der Waals surface area (Å²) in [4.78, 5) is 2.72. The van der Waals surface area contributed by atoms with Crippen LogP contribution in [0, 0.1) is 5.41 Å². The van der Waals surface area contributed by atoms with Crippen LogP contribution >= 0.6 is 0 Å². The molecule has 2 aliphatic carbocycles. The second-order valence-corrected chi connectivity index (χ2v) is 6.48. The van der Waals surface area contributed by atoms with E-state index in [4.69, 9.17) is 5.73 Å². The van der Waals surface area contributed by atoms with Crippen molar-refractivity contribution >= 4 is 0 Å². The molecule has 0 atom stereocenters. The van der Waals surface area contributed by atoms with Gasteiger partial charge in [-0.05, 0) is 57.0 Å². The van der Waals surface area contributed by atoms with E-state index in [1.165, 1.54) is 70.9 Å². The van der Waals surface area contributed by atoms with E-state index in [1.54, 1.807) is 0 Å². The Morgan fingerprint density at radius 2 is 1.44 bits per heavy atom. The third kappa shape index (κ3) is 1.80. The van der Waals surface area contributed by atoms with Gasteiger partial charge in [0, 0.05) is 12.1 Å². The first-order chi connectivity index (χ1) is 7.79. The SMILES string of the molecule is NCC1(N2CCC3(CCCCC3)CC2)CC1. The lowest BCUT2D eigenvalue weighted by atomic mass is 9.68. The van der Waals surface area contributed by atoms with Crippen molar-refractivity contribution in [3.63, 3.8) is 0 Å². The van der Waals surface area contributed by atoms with E-state index in [0.717, 1.165) is 12.0 Å². The summed E-state index contributed by atoms with van der Waals surface area (Å²) >= 11 is 0. The predicted molar refractivity (Wildman–Crippen MR) is 67.3 cm³/mol. The molecule has 0 aromatic heterocycles. The molecule has 3 fully saturated rings. The van der Waals surface area contributed by atoms with E-state index in [-0.39, 0.29) is 0 Å². The van der Waals surface area contributed by atoms with Gasteiger partial charge in [0.25, 0.3) is 0 Å². The molecule has 3 rings (SSSR count). The van der Waals surface area contributed by atoms with E-state index >= 15 is 0 Å². The van der Waals surface area contributed by atoms with E-state index in [9.17, 15) is 0 Å². The second kappa shape index (κ2) is 3.99. The Bertz CT molecular complexity index is 241. The van der Waals surface area contributed by atoms with Gasteiger partial charge in [-0.3, -0.25) is 4.90 Å². The van der Waals surface area contributed by atoms with Crippen LogP contribution in [-0.2, 0) is 0 Å². The number of rotatable bonds is 2. The number of nitrogens with two attached hydrogens (primary N) is 1. The van der Waals surface area contributed by atoms with Crippen molar-refractivity contribution in [2.24, 2.45) is 11.1 Å². The van der Waals surface area contributed by atoms with Crippen molar-refractivity contribution in [3.8, 4) is 0 Å². The van der Waals surface area contributed by atoms with Gasteiger partial charge in [0.2, 0.25) is 0 Å². The zero-order valence-corrected chi connectivity index (χ0v) is 10.5. The summed E-state index contributed by atoms with van der Waals surface area (Å²) in [7, 11) is 0. The number of piperidine rings is 1. The molecule has 1 aliphatic heterocycles. The molecule has 0 radical (unpaired) electrons. The van der Waals surface area contributed by atoms with Gasteiger partial charge >= 0.3 is 0 Å². The number of hydrogen-bond donors (Lipinski definition) is 1.